The number of aliphatic carboxylic acids is 1. The van der Waals surface area contributed by atoms with E-state index in [-0.39, 0.29) is 31.2 Å². The van der Waals surface area contributed by atoms with Gasteiger partial charge in [0.15, 0.2) is 11.5 Å². The number of carbonyl (C=O) groups is 2. The quantitative estimate of drug-likeness (QED) is 0.236. The van der Waals surface area contributed by atoms with Gasteiger partial charge >= 0.3 is 5.97 Å². The molecular formula is C31H48N5O6+. The zero-order chi connectivity index (χ0) is 30.3. The minimum Gasteiger partial charge on any atom is -0.493 e. The highest BCUT2D eigenvalue weighted by Crippen LogP contribution is 2.47. The molecule has 1 amide bonds. The fraction of sp³-hybridized carbons (Fsp3) is 0.645. The largest absolute Gasteiger partial charge is 0.493 e. The topological polar surface area (TPSA) is 106 Å². The average Bonchev–Trinajstić information content (AvgIpc) is 3.70. The fourth-order valence-corrected chi connectivity index (χ4v) is 6.12. The Balaban J connectivity index is 1.57. The van der Waals surface area contributed by atoms with Gasteiger partial charge in [-0.05, 0) is 49.4 Å². The van der Waals surface area contributed by atoms with Crippen LogP contribution in [-0.2, 0) is 16.1 Å². The number of carboxylic acids is 1. The normalized spacial score (nSPS) is 20.2. The highest BCUT2D eigenvalue weighted by atomic mass is 16.7. The Labute approximate surface area is 249 Å². The third-order valence-corrected chi connectivity index (χ3v) is 8.34. The number of carbonyl (C=O) groups excluding carboxylic acids is 1. The number of nitrogens with zero attached hydrogens (tertiary/aromatic N) is 5. The summed E-state index contributed by atoms with van der Waals surface area (Å²) < 4.78 is 19.5. The van der Waals surface area contributed by atoms with Crippen LogP contribution in [0, 0.1) is 5.92 Å². The first-order valence-corrected chi connectivity index (χ1v) is 15.1. The van der Waals surface area contributed by atoms with Crippen molar-refractivity contribution >= 4 is 11.9 Å². The van der Waals surface area contributed by atoms with Gasteiger partial charge in [0.1, 0.15) is 0 Å². The third-order valence-electron chi connectivity index (χ3n) is 8.34. The van der Waals surface area contributed by atoms with Crippen LogP contribution in [0.4, 0.5) is 0 Å². The molecule has 1 fully saturated rings. The van der Waals surface area contributed by atoms with Crippen molar-refractivity contribution < 1.29 is 33.4 Å². The average molecular weight is 587 g/mol. The van der Waals surface area contributed by atoms with Gasteiger partial charge in [0.2, 0.25) is 18.4 Å². The summed E-state index contributed by atoms with van der Waals surface area (Å²) in [6.45, 7) is 5.91. The molecule has 0 radical (unpaired) electrons. The molecule has 4 rings (SSSR count). The molecule has 2 aliphatic rings. The zero-order valence-electron chi connectivity index (χ0n) is 25.8. The summed E-state index contributed by atoms with van der Waals surface area (Å²) in [5.41, 5.74) is 0.811. The Kier molecular flexibility index (Phi) is 10.7. The number of amides is 1. The molecule has 1 N–H and O–H groups in total. The van der Waals surface area contributed by atoms with Crippen molar-refractivity contribution in [3.05, 3.63) is 36.2 Å². The molecule has 0 bridgehead atoms. The van der Waals surface area contributed by atoms with Crippen molar-refractivity contribution in [1.82, 2.24) is 19.6 Å². The first-order valence-electron chi connectivity index (χ1n) is 15.1. The van der Waals surface area contributed by atoms with Gasteiger partial charge in [-0.1, -0.05) is 13.3 Å². The Morgan fingerprint density at radius 2 is 1.95 bits per heavy atom. The minimum absolute atomic E-state index is 0.0610. The molecule has 2 aromatic rings. The highest BCUT2D eigenvalue weighted by Gasteiger charge is 2.47. The second-order valence-electron chi connectivity index (χ2n) is 12.4. The molecule has 42 heavy (non-hydrogen) atoms. The van der Waals surface area contributed by atoms with Crippen molar-refractivity contribution in [1.29, 1.82) is 0 Å². The molecule has 11 nitrogen and oxygen atoms in total. The lowest BCUT2D eigenvalue weighted by molar-refractivity contribution is -0.870. The molecule has 0 unspecified atom stereocenters. The number of ether oxygens (including phenoxy) is 3. The SMILES string of the molecule is CCCCN(CCCC[N+](C)(C)C)C(=O)CN1C[C@H](c2cc(OC)c3c(c2)OCO3)[C@@H](C(=O)O)[C@@H]1CCn1cccn1. The van der Waals surface area contributed by atoms with Gasteiger partial charge < -0.3 is 28.7 Å². The Morgan fingerprint density at radius 1 is 1.17 bits per heavy atom. The number of aryl methyl sites for hydroxylation is 1. The van der Waals surface area contributed by atoms with E-state index >= 15 is 0 Å². The van der Waals surface area contributed by atoms with Crippen LogP contribution in [0.5, 0.6) is 17.2 Å². The predicted octanol–water partition coefficient (Wildman–Crippen LogP) is 3.29. The number of fused-ring (bicyclic) bond motifs is 1. The van der Waals surface area contributed by atoms with Crippen molar-refractivity contribution in [2.75, 3.05) is 67.8 Å². The summed E-state index contributed by atoms with van der Waals surface area (Å²) in [7, 11) is 8.11. The summed E-state index contributed by atoms with van der Waals surface area (Å²) >= 11 is 0. The lowest BCUT2D eigenvalue weighted by atomic mass is 9.84. The summed E-state index contributed by atoms with van der Waals surface area (Å²) in [6.07, 6.45) is 8.10. The number of carboxylic acid groups (broad SMARTS) is 1. The highest BCUT2D eigenvalue weighted by molar-refractivity contribution is 5.79. The summed E-state index contributed by atoms with van der Waals surface area (Å²) in [6, 6.07) is 5.23. The fourth-order valence-electron chi connectivity index (χ4n) is 6.12. The third kappa shape index (κ3) is 7.95. The molecule has 1 saturated heterocycles. The van der Waals surface area contributed by atoms with Crippen LogP contribution in [0.15, 0.2) is 30.6 Å². The lowest BCUT2D eigenvalue weighted by Crippen LogP contribution is -2.45. The molecular weight excluding hydrogens is 538 g/mol. The molecule has 0 aliphatic carbocycles. The van der Waals surface area contributed by atoms with Gasteiger partial charge in [0.05, 0.1) is 47.3 Å². The maximum Gasteiger partial charge on any atom is 0.308 e. The Hall–Kier alpha value is -3.31. The number of aromatic nitrogens is 2. The maximum absolute atomic E-state index is 13.8. The number of hydrogen-bond acceptors (Lipinski definition) is 7. The van der Waals surface area contributed by atoms with Gasteiger partial charge in [0, 0.05) is 50.5 Å². The molecule has 2 aliphatic heterocycles. The van der Waals surface area contributed by atoms with E-state index in [1.54, 1.807) is 13.3 Å². The van der Waals surface area contributed by atoms with E-state index in [9.17, 15) is 14.7 Å². The van der Waals surface area contributed by atoms with Gasteiger partial charge in [-0.15, -0.1) is 0 Å². The maximum atomic E-state index is 13.8. The van der Waals surface area contributed by atoms with Crippen LogP contribution in [0.2, 0.25) is 0 Å². The van der Waals surface area contributed by atoms with Crippen molar-refractivity contribution in [2.24, 2.45) is 5.92 Å². The van der Waals surface area contributed by atoms with Crippen LogP contribution in [0.25, 0.3) is 0 Å². The molecule has 3 atom stereocenters. The second kappa shape index (κ2) is 14.2. The Bertz CT molecular complexity index is 1180. The minimum atomic E-state index is -0.875. The molecule has 3 heterocycles. The second-order valence-corrected chi connectivity index (χ2v) is 12.4. The molecule has 0 saturated carbocycles. The van der Waals surface area contributed by atoms with E-state index in [2.05, 4.69) is 38.1 Å². The van der Waals surface area contributed by atoms with Crippen LogP contribution >= 0.6 is 0 Å². The molecule has 1 aromatic heterocycles. The first-order chi connectivity index (χ1) is 20.1. The van der Waals surface area contributed by atoms with Gasteiger partial charge in [-0.2, -0.15) is 5.10 Å². The van der Waals surface area contributed by atoms with E-state index in [0.717, 1.165) is 55.4 Å². The monoisotopic (exact) mass is 586 g/mol. The van der Waals surface area contributed by atoms with Gasteiger partial charge in [0.25, 0.3) is 0 Å². The standard InChI is InChI=1S/C31H47N5O6/c1-6-7-13-33(14-8-9-17-36(2,3)4)28(37)21-34-20-24(23-18-26(40-5)30-27(19-23)41-22-42-30)29(31(38)39)25(34)11-16-35-15-10-12-32-35/h10,12,15,18-19,24-25,29H,6-9,11,13-14,16-17,20-22H2,1-5H3/p+1/t24-,25+,29-/m1/s1. The molecule has 11 heteroatoms. The molecule has 0 spiro atoms. The number of likely N-dealkylation sites (tertiary alicyclic amines) is 1. The van der Waals surface area contributed by atoms with E-state index in [1.165, 1.54) is 0 Å². The number of rotatable bonds is 16. The number of benzene rings is 1. The Morgan fingerprint density at radius 3 is 2.62 bits per heavy atom. The van der Waals surface area contributed by atoms with Crippen molar-refractivity contribution in [3.63, 3.8) is 0 Å². The van der Waals surface area contributed by atoms with Crippen LogP contribution in [0.3, 0.4) is 0 Å². The number of hydrogen-bond donors (Lipinski definition) is 1. The van der Waals surface area contributed by atoms with Crippen LogP contribution in [-0.4, -0.2) is 115 Å². The van der Waals surface area contributed by atoms with E-state index in [4.69, 9.17) is 14.2 Å². The van der Waals surface area contributed by atoms with Gasteiger partial charge in [-0.3, -0.25) is 19.2 Å². The lowest BCUT2D eigenvalue weighted by Gasteiger charge is -2.30. The van der Waals surface area contributed by atoms with E-state index < -0.39 is 11.9 Å². The molecule has 232 valence electrons. The molecule has 1 aromatic carbocycles. The summed E-state index contributed by atoms with van der Waals surface area (Å²) in [4.78, 5) is 30.7. The van der Waals surface area contributed by atoms with Crippen molar-refractivity contribution in [2.45, 2.75) is 57.5 Å². The first kappa shape index (κ1) is 31.6. The summed E-state index contributed by atoms with van der Waals surface area (Å²) in [5.74, 6) is -0.277. The predicted molar refractivity (Wildman–Crippen MR) is 159 cm³/mol. The number of unbranched alkanes of at least 4 members (excludes halogenated alkanes) is 2. The van der Waals surface area contributed by atoms with Crippen molar-refractivity contribution in [3.8, 4) is 17.2 Å². The van der Waals surface area contributed by atoms with Crippen LogP contribution in [0.1, 0.15) is 50.5 Å². The van der Waals surface area contributed by atoms with E-state index in [1.807, 2.05) is 34.0 Å². The zero-order valence-corrected chi connectivity index (χ0v) is 25.8. The van der Waals surface area contributed by atoms with Crippen LogP contribution < -0.4 is 14.2 Å². The van der Waals surface area contributed by atoms with E-state index in [0.29, 0.717) is 36.8 Å². The summed E-state index contributed by atoms with van der Waals surface area (Å²) in [5, 5.41) is 14.9. The smallest absolute Gasteiger partial charge is 0.308 e. The van der Waals surface area contributed by atoms with Gasteiger partial charge in [-0.25, -0.2) is 0 Å². The number of methoxy groups -OCH3 is 1. The number of quaternary nitrogens is 1.